The quantitative estimate of drug-likeness (QED) is 0.504. The molecule has 8 nitrogen and oxygen atoms in total. The molecule has 2 aliphatic rings. The third-order valence-electron chi connectivity index (χ3n) is 6.55. The molecule has 186 valence electrons. The van der Waals surface area contributed by atoms with Gasteiger partial charge in [0.25, 0.3) is 0 Å². The zero-order valence-electron chi connectivity index (χ0n) is 20.0. The number of amides is 2. The molecule has 2 amide bonds. The molecule has 0 bridgehead atoms. The number of fused-ring (bicyclic) bond motifs is 3. The Bertz CT molecular complexity index is 1080. The van der Waals surface area contributed by atoms with E-state index in [1.54, 1.807) is 11.0 Å². The fourth-order valence-corrected chi connectivity index (χ4v) is 4.77. The molecule has 0 radical (unpaired) electrons. The fraction of sp³-hybridized carbons (Fsp3) is 0.407. The van der Waals surface area contributed by atoms with Gasteiger partial charge in [0.1, 0.15) is 18.0 Å². The van der Waals surface area contributed by atoms with E-state index in [2.05, 4.69) is 5.32 Å². The van der Waals surface area contributed by atoms with Crippen LogP contribution in [0.3, 0.4) is 0 Å². The van der Waals surface area contributed by atoms with E-state index in [0.717, 1.165) is 16.7 Å². The van der Waals surface area contributed by atoms with Crippen LogP contribution >= 0.6 is 0 Å². The smallest absolute Gasteiger partial charge is 0.247 e. The number of methoxy groups -OCH3 is 1. The minimum absolute atomic E-state index is 0.100. The molecule has 2 aromatic rings. The molecule has 8 heteroatoms. The molecule has 1 heterocycles. The lowest BCUT2D eigenvalue weighted by molar-refractivity contribution is -0.139. The van der Waals surface area contributed by atoms with Gasteiger partial charge in [-0.3, -0.25) is 9.59 Å². The van der Waals surface area contributed by atoms with E-state index < -0.39 is 24.2 Å². The standard InChI is InChI=1S/C27H32N2O6/c1-17-7-9-18(10-8-17)16-29(23(31)11-14-34-2)21-15-20(27(33)28-12-13-30)24-19-5-3-4-6-22(19)35-26(24)25(21)32/h3-10,15,21,24-26,30,32H,11-14,16H2,1-2H3,(H,28,33)/t21-,24+,25+,26+/m1/s1. The molecule has 1 aliphatic carbocycles. The molecule has 0 unspecified atom stereocenters. The number of ether oxygens (including phenoxy) is 2. The summed E-state index contributed by atoms with van der Waals surface area (Å²) in [6.07, 6.45) is 0.0375. The third-order valence-corrected chi connectivity index (χ3v) is 6.55. The molecule has 35 heavy (non-hydrogen) atoms. The molecule has 0 saturated heterocycles. The molecule has 1 aliphatic heterocycles. The summed E-state index contributed by atoms with van der Waals surface area (Å²) in [7, 11) is 1.53. The van der Waals surface area contributed by atoms with E-state index in [4.69, 9.17) is 9.47 Å². The summed E-state index contributed by atoms with van der Waals surface area (Å²) in [6.45, 7) is 2.40. The van der Waals surface area contributed by atoms with Crippen LogP contribution in [0.5, 0.6) is 5.75 Å². The summed E-state index contributed by atoms with van der Waals surface area (Å²) >= 11 is 0. The van der Waals surface area contributed by atoms with Gasteiger partial charge in [-0.1, -0.05) is 48.0 Å². The number of aliphatic hydroxyl groups excluding tert-OH is 2. The van der Waals surface area contributed by atoms with E-state index in [9.17, 15) is 19.8 Å². The Morgan fingerprint density at radius 2 is 1.89 bits per heavy atom. The molecule has 2 aromatic carbocycles. The minimum atomic E-state index is -1.06. The summed E-state index contributed by atoms with van der Waals surface area (Å²) in [5.74, 6) is -0.423. The molecule has 0 aromatic heterocycles. The third kappa shape index (κ3) is 5.24. The van der Waals surface area contributed by atoms with E-state index in [1.165, 1.54) is 7.11 Å². The van der Waals surface area contributed by atoms with Crippen LogP contribution < -0.4 is 10.1 Å². The number of hydrogen-bond acceptors (Lipinski definition) is 6. The van der Waals surface area contributed by atoms with Crippen molar-refractivity contribution in [2.24, 2.45) is 0 Å². The van der Waals surface area contributed by atoms with Gasteiger partial charge in [-0.05, 0) is 24.6 Å². The largest absolute Gasteiger partial charge is 0.486 e. The van der Waals surface area contributed by atoms with Gasteiger partial charge in [-0.15, -0.1) is 0 Å². The first-order valence-corrected chi connectivity index (χ1v) is 11.8. The highest BCUT2D eigenvalue weighted by molar-refractivity contribution is 5.96. The molecular weight excluding hydrogens is 448 g/mol. The Morgan fingerprint density at radius 3 is 2.60 bits per heavy atom. The summed E-state index contributed by atoms with van der Waals surface area (Å²) in [5.41, 5.74) is 3.24. The summed E-state index contributed by atoms with van der Waals surface area (Å²) in [6, 6.07) is 14.5. The number of nitrogens with one attached hydrogen (secondary N) is 1. The van der Waals surface area contributed by atoms with Gasteiger partial charge in [-0.25, -0.2) is 0 Å². The number of carbonyl (C=O) groups excluding carboxylic acids is 2. The van der Waals surface area contributed by atoms with E-state index in [-0.39, 0.29) is 44.5 Å². The second-order valence-corrected chi connectivity index (χ2v) is 8.93. The zero-order chi connectivity index (χ0) is 24.9. The van der Waals surface area contributed by atoms with Crippen LogP contribution in [-0.4, -0.2) is 72.0 Å². The predicted molar refractivity (Wildman–Crippen MR) is 130 cm³/mol. The first-order valence-electron chi connectivity index (χ1n) is 11.8. The lowest BCUT2D eigenvalue weighted by Gasteiger charge is -2.40. The van der Waals surface area contributed by atoms with Crippen molar-refractivity contribution in [1.82, 2.24) is 10.2 Å². The van der Waals surface area contributed by atoms with Crippen LogP contribution in [0.25, 0.3) is 0 Å². The minimum Gasteiger partial charge on any atom is -0.486 e. The van der Waals surface area contributed by atoms with Crippen LogP contribution in [0.4, 0.5) is 0 Å². The van der Waals surface area contributed by atoms with Crippen LogP contribution in [0.1, 0.15) is 29.0 Å². The second kappa shape index (κ2) is 11.0. The van der Waals surface area contributed by atoms with E-state index in [1.807, 2.05) is 55.5 Å². The van der Waals surface area contributed by atoms with Gasteiger partial charge < -0.3 is 29.9 Å². The number of hydrogen-bond donors (Lipinski definition) is 3. The van der Waals surface area contributed by atoms with Crippen LogP contribution in [-0.2, 0) is 20.9 Å². The number of rotatable bonds is 9. The van der Waals surface area contributed by atoms with Gasteiger partial charge in [-0.2, -0.15) is 0 Å². The Labute approximate surface area is 205 Å². The van der Waals surface area contributed by atoms with Crippen molar-refractivity contribution in [3.05, 3.63) is 76.9 Å². The lowest BCUT2D eigenvalue weighted by Crippen LogP contribution is -2.55. The average Bonchev–Trinajstić information content (AvgIpc) is 3.26. The average molecular weight is 481 g/mol. The van der Waals surface area contributed by atoms with Crippen LogP contribution in [0.2, 0.25) is 0 Å². The van der Waals surface area contributed by atoms with Crippen molar-refractivity contribution in [3.63, 3.8) is 0 Å². The van der Waals surface area contributed by atoms with E-state index in [0.29, 0.717) is 11.3 Å². The summed E-state index contributed by atoms with van der Waals surface area (Å²) in [5, 5.41) is 23.4. The van der Waals surface area contributed by atoms with Gasteiger partial charge in [0.05, 0.1) is 31.6 Å². The maximum absolute atomic E-state index is 13.3. The van der Waals surface area contributed by atoms with Gasteiger partial charge >= 0.3 is 0 Å². The number of para-hydroxylation sites is 1. The first kappa shape index (κ1) is 24.9. The maximum atomic E-state index is 13.3. The SMILES string of the molecule is COCCC(=O)N(Cc1ccc(C)cc1)[C@@H]1C=C(C(=O)NCCO)[C@@H]2c3ccccc3O[C@@H]2[C@H]1O. The van der Waals surface area contributed by atoms with E-state index >= 15 is 0 Å². The van der Waals surface area contributed by atoms with Crippen molar-refractivity contribution < 1.29 is 29.3 Å². The Hall–Kier alpha value is -3.20. The maximum Gasteiger partial charge on any atom is 0.247 e. The van der Waals surface area contributed by atoms with Gasteiger partial charge in [0.2, 0.25) is 11.8 Å². The number of carbonyl (C=O) groups is 2. The van der Waals surface area contributed by atoms with Crippen molar-refractivity contribution in [2.75, 3.05) is 26.9 Å². The highest BCUT2D eigenvalue weighted by atomic mass is 16.5. The first-order chi connectivity index (χ1) is 16.9. The number of aliphatic hydroxyl groups is 2. The van der Waals surface area contributed by atoms with Crippen LogP contribution in [0.15, 0.2) is 60.2 Å². The zero-order valence-corrected chi connectivity index (χ0v) is 20.0. The van der Waals surface area contributed by atoms with Gasteiger partial charge in [0.15, 0.2) is 0 Å². The topological polar surface area (TPSA) is 108 Å². The molecule has 3 N–H and O–H groups in total. The van der Waals surface area contributed by atoms with Crippen molar-refractivity contribution >= 4 is 11.8 Å². The van der Waals surface area contributed by atoms with Crippen molar-refractivity contribution in [3.8, 4) is 5.75 Å². The van der Waals surface area contributed by atoms with Gasteiger partial charge in [0, 0.05) is 31.3 Å². The lowest BCUT2D eigenvalue weighted by atomic mass is 9.77. The molecule has 0 saturated carbocycles. The molecule has 0 spiro atoms. The molecule has 0 fully saturated rings. The number of nitrogens with zero attached hydrogens (tertiary/aromatic N) is 1. The Balaban J connectivity index is 1.74. The normalized spacial score (nSPS) is 22.5. The second-order valence-electron chi connectivity index (χ2n) is 8.93. The number of benzene rings is 2. The highest BCUT2D eigenvalue weighted by Crippen LogP contribution is 2.47. The molecular formula is C27H32N2O6. The fourth-order valence-electron chi connectivity index (χ4n) is 4.77. The number of aryl methyl sites for hydroxylation is 1. The van der Waals surface area contributed by atoms with Crippen molar-refractivity contribution in [2.45, 2.75) is 44.1 Å². The highest BCUT2D eigenvalue weighted by Gasteiger charge is 2.50. The molecule has 4 rings (SSSR count). The van der Waals surface area contributed by atoms with Crippen LogP contribution in [0, 0.1) is 6.92 Å². The summed E-state index contributed by atoms with van der Waals surface area (Å²) in [4.78, 5) is 28.1. The Kier molecular flexibility index (Phi) is 7.85. The monoisotopic (exact) mass is 480 g/mol. The predicted octanol–water partition coefficient (Wildman–Crippen LogP) is 1.68. The van der Waals surface area contributed by atoms with Crippen molar-refractivity contribution in [1.29, 1.82) is 0 Å². The summed E-state index contributed by atoms with van der Waals surface area (Å²) < 4.78 is 11.3. The molecule has 4 atom stereocenters. The Morgan fingerprint density at radius 1 is 1.14 bits per heavy atom.